The van der Waals surface area contributed by atoms with E-state index < -0.39 is 0 Å². The molecule has 2 aromatic rings. The Hall–Kier alpha value is -0.890. The van der Waals surface area contributed by atoms with Gasteiger partial charge < -0.3 is 0 Å². The molecule has 1 aromatic heterocycles. The number of rotatable bonds is 1. The molecule has 0 amide bonds. The molecule has 0 radical (unpaired) electrons. The predicted octanol–water partition coefficient (Wildman–Crippen LogP) is 4.27. The van der Waals surface area contributed by atoms with E-state index in [-0.39, 0.29) is 0 Å². The SMILES string of the molecule is BrC1CCCC1c1cccc2ncccc12. The van der Waals surface area contributed by atoms with Crippen LogP contribution in [0.4, 0.5) is 0 Å². The molecular formula is C14H14BrN. The third kappa shape index (κ3) is 1.65. The third-order valence-electron chi connectivity index (χ3n) is 3.51. The van der Waals surface area contributed by atoms with Gasteiger partial charge in [0.15, 0.2) is 0 Å². The highest BCUT2D eigenvalue weighted by molar-refractivity contribution is 9.09. The molecule has 0 saturated heterocycles. The third-order valence-corrected chi connectivity index (χ3v) is 4.61. The lowest BCUT2D eigenvalue weighted by Gasteiger charge is -2.16. The number of pyridine rings is 1. The molecule has 1 heterocycles. The summed E-state index contributed by atoms with van der Waals surface area (Å²) in [5, 5.41) is 1.32. The molecule has 0 N–H and O–H groups in total. The van der Waals surface area contributed by atoms with Gasteiger partial charge in [0.05, 0.1) is 5.52 Å². The smallest absolute Gasteiger partial charge is 0.0704 e. The number of nitrogens with zero attached hydrogens (tertiary/aromatic N) is 1. The molecule has 0 bridgehead atoms. The molecule has 1 nitrogen and oxygen atoms in total. The van der Waals surface area contributed by atoms with Gasteiger partial charge in [-0.2, -0.15) is 0 Å². The van der Waals surface area contributed by atoms with Gasteiger partial charge in [0, 0.05) is 16.4 Å². The summed E-state index contributed by atoms with van der Waals surface area (Å²) in [6, 6.07) is 10.7. The van der Waals surface area contributed by atoms with E-state index >= 15 is 0 Å². The zero-order chi connectivity index (χ0) is 11.0. The zero-order valence-electron chi connectivity index (χ0n) is 9.07. The zero-order valence-corrected chi connectivity index (χ0v) is 10.7. The first-order valence-electron chi connectivity index (χ1n) is 5.84. The van der Waals surface area contributed by atoms with Gasteiger partial charge in [0.25, 0.3) is 0 Å². The van der Waals surface area contributed by atoms with Gasteiger partial charge in [-0.05, 0) is 36.5 Å². The minimum atomic E-state index is 0.637. The van der Waals surface area contributed by atoms with Crippen LogP contribution in [0, 0.1) is 0 Å². The van der Waals surface area contributed by atoms with Crippen molar-refractivity contribution in [1.29, 1.82) is 0 Å². The van der Waals surface area contributed by atoms with E-state index in [1.807, 2.05) is 12.3 Å². The Labute approximate surface area is 104 Å². The number of alkyl halides is 1. The van der Waals surface area contributed by atoms with Gasteiger partial charge in [-0.15, -0.1) is 0 Å². The molecule has 3 rings (SSSR count). The Morgan fingerprint density at radius 3 is 2.88 bits per heavy atom. The van der Waals surface area contributed by atoms with Crippen molar-refractivity contribution in [2.24, 2.45) is 0 Å². The molecule has 2 atom stereocenters. The van der Waals surface area contributed by atoms with Crippen molar-refractivity contribution in [2.75, 3.05) is 0 Å². The lowest BCUT2D eigenvalue weighted by molar-refractivity contribution is 0.749. The van der Waals surface area contributed by atoms with Gasteiger partial charge in [-0.3, -0.25) is 4.98 Å². The molecule has 0 aliphatic heterocycles. The number of halogens is 1. The monoisotopic (exact) mass is 275 g/mol. The summed E-state index contributed by atoms with van der Waals surface area (Å²) in [6.45, 7) is 0. The molecule has 1 fully saturated rings. The molecule has 1 saturated carbocycles. The van der Waals surface area contributed by atoms with Crippen LogP contribution < -0.4 is 0 Å². The van der Waals surface area contributed by atoms with Crippen LogP contribution >= 0.6 is 15.9 Å². The Morgan fingerprint density at radius 2 is 2.06 bits per heavy atom. The summed E-state index contributed by atoms with van der Waals surface area (Å²) in [7, 11) is 0. The van der Waals surface area contributed by atoms with Gasteiger partial charge in [-0.1, -0.05) is 40.5 Å². The summed E-state index contributed by atoms with van der Waals surface area (Å²) >= 11 is 3.81. The van der Waals surface area contributed by atoms with Crippen LogP contribution in [0.3, 0.4) is 0 Å². The average Bonchev–Trinajstić information content (AvgIpc) is 2.75. The Balaban J connectivity index is 2.16. The van der Waals surface area contributed by atoms with Gasteiger partial charge in [0.2, 0.25) is 0 Å². The second-order valence-corrected chi connectivity index (χ2v) is 5.65. The summed E-state index contributed by atoms with van der Waals surface area (Å²) in [4.78, 5) is 5.06. The topological polar surface area (TPSA) is 12.9 Å². The fourth-order valence-electron chi connectivity index (χ4n) is 2.72. The van der Waals surface area contributed by atoms with E-state index in [9.17, 15) is 0 Å². The van der Waals surface area contributed by atoms with Crippen molar-refractivity contribution in [3.05, 3.63) is 42.1 Å². The van der Waals surface area contributed by atoms with Crippen LogP contribution in [0.25, 0.3) is 10.9 Å². The molecule has 82 valence electrons. The average molecular weight is 276 g/mol. The van der Waals surface area contributed by atoms with Crippen molar-refractivity contribution in [3.8, 4) is 0 Å². The lowest BCUT2D eigenvalue weighted by atomic mass is 9.94. The van der Waals surface area contributed by atoms with Crippen LogP contribution in [-0.4, -0.2) is 9.81 Å². The Bertz CT molecular complexity index is 504. The first kappa shape index (κ1) is 10.3. The molecule has 1 aliphatic carbocycles. The number of benzene rings is 1. The van der Waals surface area contributed by atoms with Crippen molar-refractivity contribution in [3.63, 3.8) is 0 Å². The minimum Gasteiger partial charge on any atom is -0.256 e. The van der Waals surface area contributed by atoms with Crippen molar-refractivity contribution in [2.45, 2.75) is 30.0 Å². The Kier molecular flexibility index (Phi) is 2.68. The van der Waals surface area contributed by atoms with E-state index in [0.29, 0.717) is 10.7 Å². The largest absolute Gasteiger partial charge is 0.256 e. The summed E-state index contributed by atoms with van der Waals surface area (Å²) in [6.07, 6.45) is 5.79. The maximum absolute atomic E-state index is 4.42. The number of fused-ring (bicyclic) bond motifs is 1. The number of hydrogen-bond acceptors (Lipinski definition) is 1. The normalized spacial score (nSPS) is 25.1. The van der Waals surface area contributed by atoms with E-state index in [0.717, 1.165) is 5.52 Å². The molecular weight excluding hydrogens is 262 g/mol. The van der Waals surface area contributed by atoms with Crippen molar-refractivity contribution >= 4 is 26.8 Å². The van der Waals surface area contributed by atoms with E-state index in [1.165, 1.54) is 30.2 Å². The Morgan fingerprint density at radius 1 is 1.12 bits per heavy atom. The highest BCUT2D eigenvalue weighted by Gasteiger charge is 2.27. The van der Waals surface area contributed by atoms with Crippen LogP contribution in [0.15, 0.2) is 36.5 Å². The van der Waals surface area contributed by atoms with Crippen molar-refractivity contribution in [1.82, 2.24) is 4.98 Å². The molecule has 2 unspecified atom stereocenters. The van der Waals surface area contributed by atoms with Gasteiger partial charge in [-0.25, -0.2) is 0 Å². The lowest BCUT2D eigenvalue weighted by Crippen LogP contribution is -2.05. The van der Waals surface area contributed by atoms with Gasteiger partial charge in [0.1, 0.15) is 0 Å². The number of aromatic nitrogens is 1. The van der Waals surface area contributed by atoms with E-state index in [4.69, 9.17) is 0 Å². The molecule has 1 aliphatic rings. The first-order chi connectivity index (χ1) is 7.86. The van der Waals surface area contributed by atoms with Crippen LogP contribution in [0.5, 0.6) is 0 Å². The minimum absolute atomic E-state index is 0.637. The van der Waals surface area contributed by atoms with E-state index in [2.05, 4.69) is 45.2 Å². The second kappa shape index (κ2) is 4.17. The summed E-state index contributed by atoms with van der Waals surface area (Å²) in [5.41, 5.74) is 2.58. The quantitative estimate of drug-likeness (QED) is 0.709. The maximum Gasteiger partial charge on any atom is 0.0704 e. The fourth-order valence-corrected chi connectivity index (χ4v) is 3.59. The predicted molar refractivity (Wildman–Crippen MR) is 71.1 cm³/mol. The summed E-state index contributed by atoms with van der Waals surface area (Å²) in [5.74, 6) is 0.660. The molecule has 16 heavy (non-hydrogen) atoms. The van der Waals surface area contributed by atoms with Crippen LogP contribution in [0.1, 0.15) is 30.7 Å². The molecule has 2 heteroatoms. The second-order valence-electron chi connectivity index (χ2n) is 4.47. The molecule has 1 aromatic carbocycles. The number of hydrogen-bond donors (Lipinski definition) is 0. The highest BCUT2D eigenvalue weighted by Crippen LogP contribution is 2.41. The summed E-state index contributed by atoms with van der Waals surface area (Å²) < 4.78 is 0. The van der Waals surface area contributed by atoms with E-state index in [1.54, 1.807) is 0 Å². The first-order valence-corrected chi connectivity index (χ1v) is 6.75. The van der Waals surface area contributed by atoms with Crippen molar-refractivity contribution < 1.29 is 0 Å². The molecule has 0 spiro atoms. The fraction of sp³-hybridized carbons (Fsp3) is 0.357. The maximum atomic E-state index is 4.42. The van der Waals surface area contributed by atoms with Crippen LogP contribution in [-0.2, 0) is 0 Å². The van der Waals surface area contributed by atoms with Crippen LogP contribution in [0.2, 0.25) is 0 Å². The van der Waals surface area contributed by atoms with Gasteiger partial charge >= 0.3 is 0 Å². The standard InChI is InChI=1S/C14H14BrN/c15-13-7-1-5-11(13)10-4-2-8-14-12(10)6-3-9-16-14/h2-4,6,8-9,11,13H,1,5,7H2. The highest BCUT2D eigenvalue weighted by atomic mass is 79.9.